The molecule has 0 atom stereocenters. The van der Waals surface area contributed by atoms with Gasteiger partial charge in [-0.15, -0.1) is 11.3 Å². The van der Waals surface area contributed by atoms with Gasteiger partial charge in [-0.2, -0.15) is 0 Å². The van der Waals surface area contributed by atoms with Crippen LogP contribution in [0.2, 0.25) is 0 Å². The minimum atomic E-state index is -0.0324. The van der Waals surface area contributed by atoms with E-state index in [1.807, 2.05) is 35.7 Å². The van der Waals surface area contributed by atoms with Crippen LogP contribution in [0.1, 0.15) is 41.6 Å². The van der Waals surface area contributed by atoms with E-state index in [0.29, 0.717) is 12.1 Å². The molecule has 2 nitrogen and oxygen atoms in total. The van der Waals surface area contributed by atoms with E-state index in [2.05, 4.69) is 42.0 Å². The van der Waals surface area contributed by atoms with Crippen molar-refractivity contribution in [1.82, 2.24) is 5.32 Å². The molecule has 0 aliphatic heterocycles. The average Bonchev–Trinajstić information content (AvgIpc) is 2.81. The van der Waals surface area contributed by atoms with Gasteiger partial charge in [-0.3, -0.25) is 4.79 Å². The number of amides is 1. The quantitative estimate of drug-likeness (QED) is 0.850. The van der Waals surface area contributed by atoms with Crippen LogP contribution in [0.3, 0.4) is 0 Å². The van der Waals surface area contributed by atoms with Gasteiger partial charge < -0.3 is 5.32 Å². The predicted molar refractivity (Wildman–Crippen MR) is 88.3 cm³/mol. The molecule has 2 aromatic rings. The Hall–Kier alpha value is -1.13. The summed E-state index contributed by atoms with van der Waals surface area (Å²) in [7, 11) is 0. The van der Waals surface area contributed by atoms with Crippen LogP contribution in [0.5, 0.6) is 0 Å². The van der Waals surface area contributed by atoms with Crippen molar-refractivity contribution in [3.8, 4) is 0 Å². The normalized spacial score (nSPS) is 11.4. The molecule has 1 amide bonds. The summed E-state index contributed by atoms with van der Waals surface area (Å²) < 4.78 is 1.06. The lowest BCUT2D eigenvalue weighted by molar-refractivity contribution is 0.0951. The highest BCUT2D eigenvalue weighted by Crippen LogP contribution is 2.22. The van der Waals surface area contributed by atoms with Crippen molar-refractivity contribution in [2.45, 2.75) is 32.7 Å². The van der Waals surface area contributed by atoms with Gasteiger partial charge in [-0.1, -0.05) is 32.9 Å². The summed E-state index contributed by atoms with van der Waals surface area (Å²) in [6.45, 7) is 7.06. The molecule has 0 fully saturated rings. The zero-order chi connectivity index (χ0) is 14.8. The van der Waals surface area contributed by atoms with E-state index >= 15 is 0 Å². The van der Waals surface area contributed by atoms with Crippen LogP contribution in [-0.4, -0.2) is 5.91 Å². The van der Waals surface area contributed by atoms with Crippen LogP contribution in [0.4, 0.5) is 0 Å². The van der Waals surface area contributed by atoms with Crippen LogP contribution < -0.4 is 5.32 Å². The Morgan fingerprint density at radius 2 is 1.90 bits per heavy atom. The summed E-state index contributed by atoms with van der Waals surface area (Å²) in [5.41, 5.74) is 2.04. The molecule has 0 unspecified atom stereocenters. The number of benzene rings is 1. The lowest BCUT2D eigenvalue weighted by Crippen LogP contribution is -2.22. The first-order valence-corrected chi connectivity index (χ1v) is 8.15. The van der Waals surface area contributed by atoms with Gasteiger partial charge in [0.15, 0.2) is 0 Å². The smallest absolute Gasteiger partial charge is 0.251 e. The third-order valence-corrected chi connectivity index (χ3v) is 4.76. The second-order valence-corrected chi connectivity index (χ2v) is 7.65. The molecule has 1 N–H and O–H groups in total. The van der Waals surface area contributed by atoms with Gasteiger partial charge in [-0.25, -0.2) is 0 Å². The van der Waals surface area contributed by atoms with E-state index in [0.717, 1.165) is 9.35 Å². The highest BCUT2D eigenvalue weighted by molar-refractivity contribution is 9.10. The maximum atomic E-state index is 12.1. The van der Waals surface area contributed by atoms with Crippen LogP contribution in [0.15, 0.2) is 40.2 Å². The number of rotatable bonds is 3. The first-order chi connectivity index (χ1) is 9.36. The van der Waals surface area contributed by atoms with E-state index < -0.39 is 0 Å². The molecule has 1 heterocycles. The highest BCUT2D eigenvalue weighted by Gasteiger charge is 2.14. The second-order valence-electron chi connectivity index (χ2n) is 5.74. The van der Waals surface area contributed by atoms with E-state index in [1.165, 1.54) is 5.56 Å². The van der Waals surface area contributed by atoms with Crippen LogP contribution in [-0.2, 0) is 12.0 Å². The minimum Gasteiger partial charge on any atom is -0.347 e. The van der Waals surface area contributed by atoms with Crippen LogP contribution >= 0.6 is 27.3 Å². The molecular formula is C16H18BrNOS. The molecule has 0 saturated carbocycles. The summed E-state index contributed by atoms with van der Waals surface area (Å²) in [5, 5.41) is 4.95. The molecule has 0 radical (unpaired) electrons. The van der Waals surface area contributed by atoms with E-state index in [1.54, 1.807) is 11.3 Å². The summed E-state index contributed by atoms with van der Waals surface area (Å²) >= 11 is 5.04. The molecule has 20 heavy (non-hydrogen) atoms. The van der Waals surface area contributed by atoms with Crippen molar-refractivity contribution >= 4 is 33.2 Å². The minimum absolute atomic E-state index is 0.0324. The number of thiophene rings is 1. The average molecular weight is 352 g/mol. The molecule has 0 saturated heterocycles. The maximum Gasteiger partial charge on any atom is 0.251 e. The summed E-state index contributed by atoms with van der Waals surface area (Å²) in [4.78, 5) is 13.2. The Morgan fingerprint density at radius 3 is 2.40 bits per heavy atom. The van der Waals surface area contributed by atoms with Crippen molar-refractivity contribution < 1.29 is 4.79 Å². The zero-order valence-corrected chi connectivity index (χ0v) is 14.3. The number of nitrogens with one attached hydrogen (secondary N) is 1. The van der Waals surface area contributed by atoms with Gasteiger partial charge in [0.05, 0.1) is 6.54 Å². The molecule has 0 aliphatic rings. The standard InChI is InChI=1S/C16H18BrNOS/c1-16(2,3)12-6-4-11(5-7-12)15(19)18-9-14-8-13(17)10-20-14/h4-8,10H,9H2,1-3H3,(H,18,19). The molecular weight excluding hydrogens is 334 g/mol. The molecule has 0 bridgehead atoms. The van der Waals surface area contributed by atoms with E-state index in [4.69, 9.17) is 0 Å². The lowest BCUT2D eigenvalue weighted by atomic mass is 9.87. The fourth-order valence-electron chi connectivity index (χ4n) is 1.84. The Kier molecular flexibility index (Phi) is 4.66. The monoisotopic (exact) mass is 351 g/mol. The van der Waals surface area contributed by atoms with Gasteiger partial charge in [0.25, 0.3) is 5.91 Å². The van der Waals surface area contributed by atoms with Crippen molar-refractivity contribution in [1.29, 1.82) is 0 Å². The highest BCUT2D eigenvalue weighted by atomic mass is 79.9. The maximum absolute atomic E-state index is 12.1. The molecule has 1 aromatic carbocycles. The zero-order valence-electron chi connectivity index (χ0n) is 11.9. The first-order valence-electron chi connectivity index (χ1n) is 6.48. The van der Waals surface area contributed by atoms with Crippen molar-refractivity contribution in [3.63, 3.8) is 0 Å². The predicted octanol–water partition coefficient (Wildman–Crippen LogP) is 4.74. The summed E-state index contributed by atoms with van der Waals surface area (Å²) in [6, 6.07) is 9.85. The van der Waals surface area contributed by atoms with E-state index in [9.17, 15) is 4.79 Å². The molecule has 106 valence electrons. The summed E-state index contributed by atoms with van der Waals surface area (Å²) in [6.07, 6.45) is 0. The first kappa shape index (κ1) is 15.3. The van der Waals surface area contributed by atoms with E-state index in [-0.39, 0.29) is 11.3 Å². The molecule has 2 rings (SSSR count). The summed E-state index contributed by atoms with van der Waals surface area (Å²) in [5.74, 6) is -0.0324. The fourth-order valence-corrected chi connectivity index (χ4v) is 3.23. The van der Waals surface area contributed by atoms with Crippen molar-refractivity contribution in [2.24, 2.45) is 0 Å². The molecule has 1 aromatic heterocycles. The van der Waals surface area contributed by atoms with Gasteiger partial charge in [0, 0.05) is 20.3 Å². The Labute approximate surface area is 132 Å². The number of carbonyl (C=O) groups excluding carboxylic acids is 1. The van der Waals surface area contributed by atoms with Gasteiger partial charge in [0.1, 0.15) is 0 Å². The Bertz CT molecular complexity index is 596. The van der Waals surface area contributed by atoms with Gasteiger partial charge in [-0.05, 0) is 45.1 Å². The van der Waals surface area contributed by atoms with Crippen molar-refractivity contribution in [3.05, 3.63) is 56.2 Å². The van der Waals surface area contributed by atoms with Crippen LogP contribution in [0.25, 0.3) is 0 Å². The molecule has 0 spiro atoms. The number of hydrogen-bond acceptors (Lipinski definition) is 2. The second kappa shape index (κ2) is 6.10. The number of carbonyl (C=O) groups is 1. The largest absolute Gasteiger partial charge is 0.347 e. The molecule has 0 aliphatic carbocycles. The Balaban J connectivity index is 1.99. The third kappa shape index (κ3) is 3.93. The Morgan fingerprint density at radius 1 is 1.25 bits per heavy atom. The van der Waals surface area contributed by atoms with Crippen molar-refractivity contribution in [2.75, 3.05) is 0 Å². The fraction of sp³-hybridized carbons (Fsp3) is 0.312. The lowest BCUT2D eigenvalue weighted by Gasteiger charge is -2.19. The third-order valence-electron chi connectivity index (χ3n) is 3.06. The van der Waals surface area contributed by atoms with Gasteiger partial charge >= 0.3 is 0 Å². The molecule has 4 heteroatoms. The topological polar surface area (TPSA) is 29.1 Å². The van der Waals surface area contributed by atoms with Gasteiger partial charge in [0.2, 0.25) is 0 Å². The number of halogens is 1. The van der Waals surface area contributed by atoms with Crippen LogP contribution in [0, 0.1) is 0 Å². The SMILES string of the molecule is CC(C)(C)c1ccc(C(=O)NCc2cc(Br)cs2)cc1. The number of hydrogen-bond donors (Lipinski definition) is 1.